The number of sulfonamides is 1. The molecule has 27 heavy (non-hydrogen) atoms. The molecule has 0 unspecified atom stereocenters. The molecule has 3 rings (SSSR count). The first-order chi connectivity index (χ1) is 13.0. The van der Waals surface area contributed by atoms with Gasteiger partial charge in [-0.25, -0.2) is 23.1 Å². The Bertz CT molecular complexity index is 1040. The number of hydrogen-bond acceptors (Lipinski definition) is 6. The summed E-state index contributed by atoms with van der Waals surface area (Å²) in [6, 6.07) is 14.7. The van der Waals surface area contributed by atoms with E-state index in [9.17, 15) is 18.5 Å². The highest BCUT2D eigenvalue weighted by Crippen LogP contribution is 2.22. The van der Waals surface area contributed by atoms with E-state index < -0.39 is 20.6 Å². The van der Waals surface area contributed by atoms with Crippen LogP contribution in [0.4, 0.5) is 5.69 Å². The van der Waals surface area contributed by atoms with Crippen molar-refractivity contribution in [2.45, 2.75) is 11.3 Å². The zero-order valence-corrected chi connectivity index (χ0v) is 15.0. The lowest BCUT2D eigenvalue weighted by molar-refractivity contribution is -0.387. The lowest BCUT2D eigenvalue weighted by atomic mass is 10.2. The summed E-state index contributed by atoms with van der Waals surface area (Å²) in [7, 11) is -3.99. The fourth-order valence-corrected chi connectivity index (χ4v) is 3.66. The summed E-state index contributed by atoms with van der Waals surface area (Å²) in [5, 5.41) is 11.0. The van der Waals surface area contributed by atoms with E-state index >= 15 is 0 Å². The molecule has 3 aromatic rings. The Kier molecular flexibility index (Phi) is 5.53. The SMILES string of the molecule is O=[N+]([O-])c1ccccc1S(=O)(=O)NCCc1cnc(-c2ccccc2)nc1. The molecule has 0 saturated carbocycles. The summed E-state index contributed by atoms with van der Waals surface area (Å²) in [6.07, 6.45) is 3.62. The van der Waals surface area contributed by atoms with Gasteiger partial charge in [-0.1, -0.05) is 42.5 Å². The van der Waals surface area contributed by atoms with E-state index in [1.54, 1.807) is 12.4 Å². The first kappa shape index (κ1) is 18.6. The van der Waals surface area contributed by atoms with Crippen LogP contribution in [0.2, 0.25) is 0 Å². The molecule has 1 aromatic heterocycles. The maximum Gasteiger partial charge on any atom is 0.289 e. The summed E-state index contributed by atoms with van der Waals surface area (Å²) in [5.74, 6) is 0.583. The van der Waals surface area contributed by atoms with Crippen molar-refractivity contribution in [3.8, 4) is 11.4 Å². The zero-order chi connectivity index (χ0) is 19.3. The highest BCUT2D eigenvalue weighted by Gasteiger charge is 2.24. The minimum Gasteiger partial charge on any atom is -0.258 e. The third-order valence-corrected chi connectivity index (χ3v) is 5.30. The first-order valence-electron chi connectivity index (χ1n) is 8.07. The Morgan fingerprint density at radius 2 is 1.59 bits per heavy atom. The lowest BCUT2D eigenvalue weighted by Crippen LogP contribution is -2.26. The quantitative estimate of drug-likeness (QED) is 0.494. The molecule has 0 aliphatic carbocycles. The molecule has 1 heterocycles. The third-order valence-electron chi connectivity index (χ3n) is 3.79. The summed E-state index contributed by atoms with van der Waals surface area (Å²) >= 11 is 0. The smallest absolute Gasteiger partial charge is 0.258 e. The molecule has 9 heteroatoms. The van der Waals surface area contributed by atoms with Crippen LogP contribution >= 0.6 is 0 Å². The van der Waals surface area contributed by atoms with Gasteiger partial charge in [-0.2, -0.15) is 0 Å². The number of nitro groups is 1. The Hall–Kier alpha value is -3.17. The molecule has 138 valence electrons. The van der Waals surface area contributed by atoms with E-state index in [2.05, 4.69) is 14.7 Å². The summed E-state index contributed by atoms with van der Waals surface area (Å²) in [4.78, 5) is 18.5. The van der Waals surface area contributed by atoms with Crippen molar-refractivity contribution in [2.24, 2.45) is 0 Å². The number of nitro benzene ring substituents is 1. The van der Waals surface area contributed by atoms with Crippen LogP contribution < -0.4 is 4.72 Å². The normalized spacial score (nSPS) is 11.3. The molecule has 0 radical (unpaired) electrons. The van der Waals surface area contributed by atoms with Gasteiger partial charge < -0.3 is 0 Å². The molecule has 0 aliphatic rings. The van der Waals surface area contributed by atoms with Crippen molar-refractivity contribution in [1.82, 2.24) is 14.7 Å². The zero-order valence-electron chi connectivity index (χ0n) is 14.1. The van der Waals surface area contributed by atoms with Crippen molar-refractivity contribution in [1.29, 1.82) is 0 Å². The van der Waals surface area contributed by atoms with Crippen LogP contribution in [0.3, 0.4) is 0 Å². The molecular formula is C18H16N4O4S. The van der Waals surface area contributed by atoms with Gasteiger partial charge in [-0.3, -0.25) is 10.1 Å². The lowest BCUT2D eigenvalue weighted by Gasteiger charge is -2.07. The predicted molar refractivity (Wildman–Crippen MR) is 99.5 cm³/mol. The number of rotatable bonds is 7. The molecule has 0 atom stereocenters. The maximum absolute atomic E-state index is 12.3. The molecule has 0 amide bonds. The average Bonchev–Trinajstić information content (AvgIpc) is 2.69. The van der Waals surface area contributed by atoms with Gasteiger partial charge in [0, 0.05) is 30.6 Å². The largest absolute Gasteiger partial charge is 0.289 e. The van der Waals surface area contributed by atoms with Crippen LogP contribution in [0.1, 0.15) is 5.56 Å². The Morgan fingerprint density at radius 3 is 2.26 bits per heavy atom. The topological polar surface area (TPSA) is 115 Å². The van der Waals surface area contributed by atoms with Crippen LogP contribution in [0.5, 0.6) is 0 Å². The first-order valence-corrected chi connectivity index (χ1v) is 9.55. The van der Waals surface area contributed by atoms with E-state index in [4.69, 9.17) is 0 Å². The molecule has 0 bridgehead atoms. The summed E-state index contributed by atoms with van der Waals surface area (Å²) in [5.41, 5.74) is 1.18. The number of benzene rings is 2. The molecule has 0 spiro atoms. The molecule has 8 nitrogen and oxygen atoms in total. The molecule has 2 aromatic carbocycles. The van der Waals surface area contributed by atoms with E-state index in [1.807, 2.05) is 30.3 Å². The van der Waals surface area contributed by atoms with Crippen LogP contribution in [0, 0.1) is 10.1 Å². The predicted octanol–water partition coefficient (Wildman–Crippen LogP) is 2.57. The van der Waals surface area contributed by atoms with Crippen molar-refractivity contribution in [2.75, 3.05) is 6.54 Å². The van der Waals surface area contributed by atoms with E-state index in [0.29, 0.717) is 12.2 Å². The minimum atomic E-state index is -3.99. The van der Waals surface area contributed by atoms with Gasteiger partial charge in [-0.05, 0) is 18.1 Å². The van der Waals surface area contributed by atoms with E-state index in [-0.39, 0.29) is 11.4 Å². The van der Waals surface area contributed by atoms with Crippen molar-refractivity contribution < 1.29 is 13.3 Å². The standard InChI is InChI=1S/C18H16N4O4S/c23-22(24)16-8-4-5-9-17(16)27(25,26)21-11-10-14-12-19-18(20-13-14)15-6-2-1-3-7-15/h1-9,12-13,21H,10-11H2. The second kappa shape index (κ2) is 8.02. The summed E-state index contributed by atoms with van der Waals surface area (Å²) < 4.78 is 27.1. The molecule has 1 N–H and O–H groups in total. The monoisotopic (exact) mass is 384 g/mol. The minimum absolute atomic E-state index is 0.0719. The fraction of sp³-hybridized carbons (Fsp3) is 0.111. The highest BCUT2D eigenvalue weighted by atomic mass is 32.2. The van der Waals surface area contributed by atoms with Crippen molar-refractivity contribution in [3.63, 3.8) is 0 Å². The van der Waals surface area contributed by atoms with E-state index in [0.717, 1.165) is 17.2 Å². The second-order valence-corrected chi connectivity index (χ2v) is 7.39. The van der Waals surface area contributed by atoms with Crippen molar-refractivity contribution >= 4 is 15.7 Å². The highest BCUT2D eigenvalue weighted by molar-refractivity contribution is 7.89. The Labute approximate surface area is 156 Å². The van der Waals surface area contributed by atoms with Gasteiger partial charge >= 0.3 is 0 Å². The number of aromatic nitrogens is 2. The summed E-state index contributed by atoms with van der Waals surface area (Å²) in [6.45, 7) is 0.0719. The number of para-hydroxylation sites is 1. The maximum atomic E-state index is 12.3. The van der Waals surface area contributed by atoms with Gasteiger partial charge in [0.05, 0.1) is 4.92 Å². The van der Waals surface area contributed by atoms with Gasteiger partial charge in [0.2, 0.25) is 10.0 Å². The van der Waals surface area contributed by atoms with Crippen molar-refractivity contribution in [3.05, 3.63) is 82.7 Å². The van der Waals surface area contributed by atoms with E-state index in [1.165, 1.54) is 18.2 Å². The van der Waals surface area contributed by atoms with Gasteiger partial charge in [0.1, 0.15) is 0 Å². The average molecular weight is 384 g/mol. The van der Waals surface area contributed by atoms with Crippen LogP contribution in [0.25, 0.3) is 11.4 Å². The fourth-order valence-electron chi connectivity index (χ4n) is 2.46. The van der Waals surface area contributed by atoms with Crippen LogP contribution in [-0.2, 0) is 16.4 Å². The van der Waals surface area contributed by atoms with Gasteiger partial charge in [0.25, 0.3) is 5.69 Å². The van der Waals surface area contributed by atoms with Crippen LogP contribution in [0.15, 0.2) is 71.9 Å². The molecule has 0 aliphatic heterocycles. The Morgan fingerprint density at radius 1 is 0.963 bits per heavy atom. The number of nitrogens with one attached hydrogen (secondary N) is 1. The van der Waals surface area contributed by atoms with Crippen LogP contribution in [-0.4, -0.2) is 29.9 Å². The molecular weight excluding hydrogens is 368 g/mol. The number of hydrogen-bond donors (Lipinski definition) is 1. The number of nitrogens with zero attached hydrogens (tertiary/aromatic N) is 3. The third kappa shape index (κ3) is 4.52. The molecule has 0 saturated heterocycles. The van der Waals surface area contributed by atoms with Gasteiger partial charge in [0.15, 0.2) is 10.7 Å². The van der Waals surface area contributed by atoms with Gasteiger partial charge in [-0.15, -0.1) is 0 Å². The Balaban J connectivity index is 1.65. The molecule has 0 fully saturated rings. The second-order valence-electron chi connectivity index (χ2n) is 5.65.